The van der Waals surface area contributed by atoms with Crippen LogP contribution in [0.1, 0.15) is 38.8 Å². The van der Waals surface area contributed by atoms with Crippen LogP contribution in [-0.2, 0) is 21.4 Å². The highest BCUT2D eigenvalue weighted by Crippen LogP contribution is 2.32. The Morgan fingerprint density at radius 3 is 2.74 bits per heavy atom. The van der Waals surface area contributed by atoms with Crippen LogP contribution in [0.5, 0.6) is 0 Å². The average molecular weight is 402 g/mol. The summed E-state index contributed by atoms with van der Waals surface area (Å²) in [6.45, 7) is 9.25. The predicted octanol–water partition coefficient (Wildman–Crippen LogP) is 4.69. The molecule has 0 amide bonds. The SMILES string of the molecule is CC1=Nc2cc(Cl)c(CBr)cc2CN1CCOC(=O)C(C)(C)C. The first-order chi connectivity index (χ1) is 10.7. The molecule has 1 aliphatic rings. The molecule has 23 heavy (non-hydrogen) atoms. The molecule has 0 atom stereocenters. The fourth-order valence-corrected chi connectivity index (χ4v) is 3.11. The summed E-state index contributed by atoms with van der Waals surface area (Å²) in [5, 5.41) is 1.44. The van der Waals surface area contributed by atoms with Crippen molar-refractivity contribution >= 4 is 45.0 Å². The Bertz CT molecular complexity index is 638. The van der Waals surface area contributed by atoms with Gasteiger partial charge < -0.3 is 9.64 Å². The maximum Gasteiger partial charge on any atom is 0.311 e. The molecule has 0 saturated heterocycles. The molecule has 0 bridgehead atoms. The molecule has 0 unspecified atom stereocenters. The number of hydrogen-bond donors (Lipinski definition) is 0. The topological polar surface area (TPSA) is 41.9 Å². The molecule has 1 aromatic rings. The van der Waals surface area contributed by atoms with E-state index in [0.29, 0.717) is 18.5 Å². The molecule has 1 aromatic carbocycles. The Morgan fingerprint density at radius 2 is 2.13 bits per heavy atom. The van der Waals surface area contributed by atoms with Crippen molar-refractivity contribution in [3.8, 4) is 0 Å². The van der Waals surface area contributed by atoms with E-state index in [1.807, 2.05) is 33.8 Å². The standard InChI is InChI=1S/C17H22BrClN2O2/c1-11-20-15-8-14(19)12(9-18)7-13(15)10-21(11)5-6-23-16(22)17(2,3)4/h7-8H,5-6,9-10H2,1-4H3. The lowest BCUT2D eigenvalue weighted by Crippen LogP contribution is -2.35. The second-order valence-corrected chi connectivity index (χ2v) is 7.64. The highest BCUT2D eigenvalue weighted by Gasteiger charge is 2.24. The third-order valence-corrected chi connectivity index (χ3v) is 4.66. The molecule has 126 valence electrons. The van der Waals surface area contributed by atoms with Crippen molar-refractivity contribution in [1.29, 1.82) is 0 Å². The number of amidine groups is 1. The molecule has 0 N–H and O–H groups in total. The summed E-state index contributed by atoms with van der Waals surface area (Å²) in [6, 6.07) is 3.99. The number of halogens is 2. The van der Waals surface area contributed by atoms with Crippen molar-refractivity contribution in [3.63, 3.8) is 0 Å². The molecule has 4 nitrogen and oxygen atoms in total. The lowest BCUT2D eigenvalue weighted by Gasteiger charge is -2.29. The molecule has 0 fully saturated rings. The van der Waals surface area contributed by atoms with Gasteiger partial charge in [-0.1, -0.05) is 27.5 Å². The van der Waals surface area contributed by atoms with E-state index in [-0.39, 0.29) is 5.97 Å². The van der Waals surface area contributed by atoms with Gasteiger partial charge in [0.05, 0.1) is 17.6 Å². The van der Waals surface area contributed by atoms with E-state index in [1.54, 1.807) is 0 Å². The molecule has 6 heteroatoms. The van der Waals surface area contributed by atoms with Crippen molar-refractivity contribution < 1.29 is 9.53 Å². The van der Waals surface area contributed by atoms with Gasteiger partial charge in [-0.2, -0.15) is 0 Å². The van der Waals surface area contributed by atoms with Crippen LogP contribution < -0.4 is 0 Å². The Hall–Kier alpha value is -1.07. The first-order valence-corrected chi connectivity index (χ1v) is 9.07. The van der Waals surface area contributed by atoms with Crippen LogP contribution in [0.2, 0.25) is 5.02 Å². The molecule has 0 saturated carbocycles. The number of esters is 1. The van der Waals surface area contributed by atoms with Crippen LogP contribution >= 0.6 is 27.5 Å². The number of benzene rings is 1. The van der Waals surface area contributed by atoms with Gasteiger partial charge >= 0.3 is 5.97 Å². The first-order valence-electron chi connectivity index (χ1n) is 7.57. The van der Waals surface area contributed by atoms with E-state index < -0.39 is 5.41 Å². The van der Waals surface area contributed by atoms with Gasteiger partial charge in [0.25, 0.3) is 0 Å². The van der Waals surface area contributed by atoms with Gasteiger partial charge in [0.1, 0.15) is 12.4 Å². The number of rotatable bonds is 4. The largest absolute Gasteiger partial charge is 0.463 e. The molecule has 0 aliphatic carbocycles. The number of alkyl halides is 1. The molecule has 0 radical (unpaired) electrons. The van der Waals surface area contributed by atoms with E-state index in [2.05, 4.69) is 31.9 Å². The minimum Gasteiger partial charge on any atom is -0.463 e. The summed E-state index contributed by atoms with van der Waals surface area (Å²) in [5.41, 5.74) is 2.63. The number of fused-ring (bicyclic) bond motifs is 1. The van der Waals surface area contributed by atoms with Crippen LogP contribution in [0.25, 0.3) is 0 Å². The molecular weight excluding hydrogens is 380 g/mol. The molecule has 0 spiro atoms. The zero-order valence-electron chi connectivity index (χ0n) is 13.9. The molecule has 2 rings (SSSR count). The summed E-state index contributed by atoms with van der Waals surface area (Å²) < 4.78 is 5.35. The van der Waals surface area contributed by atoms with Gasteiger partial charge in [-0.25, -0.2) is 4.99 Å². The number of hydrogen-bond acceptors (Lipinski definition) is 4. The molecule has 1 heterocycles. The Labute approximate surface area is 151 Å². The number of carbonyl (C=O) groups is 1. The van der Waals surface area contributed by atoms with Crippen molar-refractivity contribution in [1.82, 2.24) is 4.90 Å². The van der Waals surface area contributed by atoms with E-state index in [1.165, 1.54) is 0 Å². The second-order valence-electron chi connectivity index (χ2n) is 6.67. The fraction of sp³-hybridized carbons (Fsp3) is 0.529. The number of ether oxygens (including phenoxy) is 1. The number of carbonyl (C=O) groups excluding carboxylic acids is 1. The van der Waals surface area contributed by atoms with E-state index in [4.69, 9.17) is 16.3 Å². The van der Waals surface area contributed by atoms with Gasteiger partial charge in [-0.3, -0.25) is 4.79 Å². The maximum absolute atomic E-state index is 11.8. The summed E-state index contributed by atoms with van der Waals surface area (Å²) in [6.07, 6.45) is 0. The third kappa shape index (κ3) is 4.48. The highest BCUT2D eigenvalue weighted by molar-refractivity contribution is 9.08. The minimum atomic E-state index is -0.473. The lowest BCUT2D eigenvalue weighted by atomic mass is 9.97. The van der Waals surface area contributed by atoms with Crippen LogP contribution in [0, 0.1) is 5.41 Å². The number of nitrogens with zero attached hydrogens (tertiary/aromatic N) is 2. The van der Waals surface area contributed by atoms with Crippen LogP contribution in [-0.4, -0.2) is 29.9 Å². The predicted molar refractivity (Wildman–Crippen MR) is 97.7 cm³/mol. The first kappa shape index (κ1) is 18.3. The van der Waals surface area contributed by atoms with Gasteiger partial charge in [0.15, 0.2) is 0 Å². The Balaban J connectivity index is 2.03. The zero-order valence-corrected chi connectivity index (χ0v) is 16.3. The van der Waals surface area contributed by atoms with E-state index >= 15 is 0 Å². The Morgan fingerprint density at radius 1 is 1.43 bits per heavy atom. The lowest BCUT2D eigenvalue weighted by molar-refractivity contribution is -0.153. The smallest absolute Gasteiger partial charge is 0.311 e. The minimum absolute atomic E-state index is 0.183. The second kappa shape index (κ2) is 7.22. The van der Waals surface area contributed by atoms with Gasteiger partial charge in [-0.05, 0) is 51.0 Å². The van der Waals surface area contributed by atoms with Crippen LogP contribution in [0.3, 0.4) is 0 Å². The zero-order chi connectivity index (χ0) is 17.2. The maximum atomic E-state index is 11.8. The van der Waals surface area contributed by atoms with E-state index in [9.17, 15) is 4.79 Å². The van der Waals surface area contributed by atoms with Gasteiger partial charge in [0, 0.05) is 16.9 Å². The van der Waals surface area contributed by atoms with Gasteiger partial charge in [-0.15, -0.1) is 0 Å². The summed E-state index contributed by atoms with van der Waals surface area (Å²) in [7, 11) is 0. The Kier molecular flexibility index (Phi) is 5.74. The number of aliphatic imine (C=N–C) groups is 1. The monoisotopic (exact) mass is 400 g/mol. The normalized spacial score (nSPS) is 14.3. The summed E-state index contributed by atoms with van der Waals surface area (Å²) in [5.74, 6) is 0.727. The van der Waals surface area contributed by atoms with E-state index in [0.717, 1.165) is 34.2 Å². The van der Waals surface area contributed by atoms with Crippen molar-refractivity contribution in [2.75, 3.05) is 13.2 Å². The highest BCUT2D eigenvalue weighted by atomic mass is 79.9. The van der Waals surface area contributed by atoms with Crippen LogP contribution in [0.4, 0.5) is 5.69 Å². The van der Waals surface area contributed by atoms with Crippen molar-refractivity contribution in [3.05, 3.63) is 28.3 Å². The fourth-order valence-electron chi connectivity index (χ4n) is 2.26. The van der Waals surface area contributed by atoms with Crippen molar-refractivity contribution in [2.45, 2.75) is 39.6 Å². The third-order valence-electron chi connectivity index (χ3n) is 3.70. The summed E-state index contributed by atoms with van der Waals surface area (Å²) >= 11 is 9.68. The quantitative estimate of drug-likeness (QED) is 0.543. The van der Waals surface area contributed by atoms with Gasteiger partial charge in [0.2, 0.25) is 0 Å². The van der Waals surface area contributed by atoms with Crippen LogP contribution in [0.15, 0.2) is 17.1 Å². The summed E-state index contributed by atoms with van der Waals surface area (Å²) in [4.78, 5) is 18.5. The molecular formula is C17H22BrClN2O2. The van der Waals surface area contributed by atoms with Crippen molar-refractivity contribution in [2.24, 2.45) is 10.4 Å². The molecule has 0 aromatic heterocycles. The average Bonchev–Trinajstić information content (AvgIpc) is 2.46. The molecule has 1 aliphatic heterocycles.